The highest BCUT2D eigenvalue weighted by atomic mass is 35.5. The summed E-state index contributed by atoms with van der Waals surface area (Å²) in [5.74, 6) is 0.488. The van der Waals surface area contributed by atoms with E-state index in [0.717, 1.165) is 54.6 Å². The normalized spacial score (nSPS) is 15.4. The summed E-state index contributed by atoms with van der Waals surface area (Å²) in [7, 11) is 0. The Bertz CT molecular complexity index is 848. The molecule has 2 aromatic rings. The van der Waals surface area contributed by atoms with Crippen molar-refractivity contribution in [3.8, 4) is 0 Å². The molecule has 1 aliphatic heterocycles. The number of hydrogen-bond donors (Lipinski definition) is 2. The van der Waals surface area contributed by atoms with Gasteiger partial charge in [0.2, 0.25) is 11.8 Å². The van der Waals surface area contributed by atoms with Crippen LogP contribution in [0, 0.1) is 0 Å². The van der Waals surface area contributed by atoms with Crippen molar-refractivity contribution < 1.29 is 9.59 Å². The van der Waals surface area contributed by atoms with E-state index in [2.05, 4.69) is 15.5 Å². The molecule has 0 spiro atoms. The first kappa shape index (κ1) is 21.9. The molecule has 1 saturated heterocycles. The molecule has 0 bridgehead atoms. The SMILES string of the molecule is CCCNC(=O)CN1CCC(NC(=O)CSc2cccc3cccc(Cl)c23)CC1. The topological polar surface area (TPSA) is 61.4 Å². The fourth-order valence-corrected chi connectivity index (χ4v) is 4.81. The number of piperidine rings is 1. The van der Waals surface area contributed by atoms with Crippen LogP contribution in [0.1, 0.15) is 26.2 Å². The molecule has 0 atom stereocenters. The fourth-order valence-electron chi connectivity index (χ4n) is 3.55. The molecule has 3 rings (SSSR count). The van der Waals surface area contributed by atoms with Crippen molar-refractivity contribution in [1.29, 1.82) is 0 Å². The lowest BCUT2D eigenvalue weighted by atomic mass is 10.1. The second kappa shape index (κ2) is 10.9. The highest BCUT2D eigenvalue weighted by Crippen LogP contribution is 2.33. The van der Waals surface area contributed by atoms with Crippen LogP contribution in [-0.4, -0.2) is 54.7 Å². The second-order valence-corrected chi connectivity index (χ2v) is 8.78. The summed E-state index contributed by atoms with van der Waals surface area (Å²) >= 11 is 7.88. The van der Waals surface area contributed by atoms with Crippen molar-refractivity contribution in [3.63, 3.8) is 0 Å². The van der Waals surface area contributed by atoms with Gasteiger partial charge >= 0.3 is 0 Å². The van der Waals surface area contributed by atoms with Crippen molar-refractivity contribution in [2.45, 2.75) is 37.1 Å². The number of nitrogens with zero attached hydrogens (tertiary/aromatic N) is 1. The van der Waals surface area contributed by atoms with Crippen LogP contribution in [0.4, 0.5) is 0 Å². The molecule has 0 saturated carbocycles. The maximum Gasteiger partial charge on any atom is 0.234 e. The number of thioether (sulfide) groups is 1. The van der Waals surface area contributed by atoms with Gasteiger partial charge < -0.3 is 10.6 Å². The van der Waals surface area contributed by atoms with Gasteiger partial charge in [-0.05, 0) is 36.8 Å². The van der Waals surface area contributed by atoms with Crippen molar-refractivity contribution in [3.05, 3.63) is 41.4 Å². The Morgan fingerprint density at radius 2 is 1.86 bits per heavy atom. The Hall–Kier alpha value is -1.76. The average molecular weight is 434 g/mol. The molecule has 0 aliphatic carbocycles. The lowest BCUT2D eigenvalue weighted by Crippen LogP contribution is -2.47. The van der Waals surface area contributed by atoms with Gasteiger partial charge in [-0.3, -0.25) is 14.5 Å². The standard InChI is InChI=1S/C22H28ClN3O2S/c1-2-11-24-20(27)14-26-12-9-17(10-13-26)25-21(28)15-29-19-8-4-6-16-5-3-7-18(23)22(16)19/h3-8,17H,2,9-15H2,1H3,(H,24,27)(H,25,28). The van der Waals surface area contributed by atoms with Gasteiger partial charge in [0.25, 0.3) is 0 Å². The Kier molecular flexibility index (Phi) is 8.21. The number of rotatable bonds is 8. The van der Waals surface area contributed by atoms with Crippen molar-refractivity contribution in [2.75, 3.05) is 31.9 Å². The number of hydrogen-bond acceptors (Lipinski definition) is 4. The minimum absolute atomic E-state index is 0.0400. The van der Waals surface area contributed by atoms with Crippen LogP contribution in [0.2, 0.25) is 5.02 Å². The smallest absolute Gasteiger partial charge is 0.234 e. The van der Waals surface area contributed by atoms with Gasteiger partial charge in [-0.2, -0.15) is 0 Å². The van der Waals surface area contributed by atoms with Gasteiger partial charge in [0, 0.05) is 41.0 Å². The van der Waals surface area contributed by atoms with Crippen LogP contribution in [0.5, 0.6) is 0 Å². The first-order valence-corrected chi connectivity index (χ1v) is 11.5. The maximum absolute atomic E-state index is 12.4. The molecule has 1 aliphatic rings. The van der Waals surface area contributed by atoms with E-state index in [1.165, 1.54) is 11.8 Å². The van der Waals surface area contributed by atoms with Gasteiger partial charge in [0.15, 0.2) is 0 Å². The molecular formula is C22H28ClN3O2S. The number of likely N-dealkylation sites (tertiary alicyclic amines) is 1. The van der Waals surface area contributed by atoms with E-state index in [1.807, 2.05) is 43.3 Å². The number of carbonyl (C=O) groups excluding carboxylic acids is 2. The van der Waals surface area contributed by atoms with Gasteiger partial charge in [-0.1, -0.05) is 42.8 Å². The van der Waals surface area contributed by atoms with E-state index in [4.69, 9.17) is 11.6 Å². The largest absolute Gasteiger partial charge is 0.355 e. The summed E-state index contributed by atoms with van der Waals surface area (Å²) in [6.45, 7) is 4.87. The average Bonchev–Trinajstić information content (AvgIpc) is 2.72. The zero-order chi connectivity index (χ0) is 20.6. The molecule has 0 unspecified atom stereocenters. The molecule has 1 fully saturated rings. The summed E-state index contributed by atoms with van der Waals surface area (Å²) < 4.78 is 0. The van der Waals surface area contributed by atoms with Crippen LogP contribution in [0.3, 0.4) is 0 Å². The number of benzene rings is 2. The predicted molar refractivity (Wildman–Crippen MR) is 121 cm³/mol. The van der Waals surface area contributed by atoms with E-state index >= 15 is 0 Å². The minimum Gasteiger partial charge on any atom is -0.355 e. The van der Waals surface area contributed by atoms with E-state index < -0.39 is 0 Å². The third-order valence-electron chi connectivity index (χ3n) is 5.07. The molecule has 156 valence electrons. The highest BCUT2D eigenvalue weighted by Gasteiger charge is 2.22. The van der Waals surface area contributed by atoms with E-state index in [1.54, 1.807) is 0 Å². The van der Waals surface area contributed by atoms with Crippen LogP contribution in [0.25, 0.3) is 10.8 Å². The minimum atomic E-state index is 0.0400. The van der Waals surface area contributed by atoms with Crippen LogP contribution < -0.4 is 10.6 Å². The molecule has 0 aromatic heterocycles. The molecule has 29 heavy (non-hydrogen) atoms. The number of halogens is 1. The summed E-state index contributed by atoms with van der Waals surface area (Å²) in [4.78, 5) is 27.4. The first-order chi connectivity index (χ1) is 14.1. The van der Waals surface area contributed by atoms with E-state index in [-0.39, 0.29) is 17.9 Å². The highest BCUT2D eigenvalue weighted by molar-refractivity contribution is 8.00. The van der Waals surface area contributed by atoms with Crippen LogP contribution >= 0.6 is 23.4 Å². The van der Waals surface area contributed by atoms with E-state index in [0.29, 0.717) is 17.3 Å². The van der Waals surface area contributed by atoms with Crippen molar-refractivity contribution in [1.82, 2.24) is 15.5 Å². The third kappa shape index (κ3) is 6.36. The van der Waals surface area contributed by atoms with Crippen molar-refractivity contribution in [2.24, 2.45) is 0 Å². The zero-order valence-corrected chi connectivity index (χ0v) is 18.3. The van der Waals surface area contributed by atoms with Crippen LogP contribution in [-0.2, 0) is 9.59 Å². The first-order valence-electron chi connectivity index (χ1n) is 10.1. The fraction of sp³-hybridized carbons (Fsp3) is 0.455. The molecular weight excluding hydrogens is 406 g/mol. The van der Waals surface area contributed by atoms with Crippen LogP contribution in [0.15, 0.2) is 41.3 Å². The van der Waals surface area contributed by atoms with Gasteiger partial charge in [0.05, 0.1) is 12.3 Å². The van der Waals surface area contributed by atoms with Gasteiger partial charge in [-0.15, -0.1) is 11.8 Å². The Balaban J connectivity index is 1.44. The Labute approximate surface area is 181 Å². The molecule has 2 aromatic carbocycles. The summed E-state index contributed by atoms with van der Waals surface area (Å²) in [5, 5.41) is 8.84. The number of nitrogens with one attached hydrogen (secondary N) is 2. The van der Waals surface area contributed by atoms with Gasteiger partial charge in [-0.25, -0.2) is 0 Å². The molecule has 2 N–H and O–H groups in total. The number of carbonyl (C=O) groups is 2. The number of amides is 2. The molecule has 2 amide bonds. The molecule has 1 heterocycles. The molecule has 5 nitrogen and oxygen atoms in total. The molecule has 0 radical (unpaired) electrons. The number of fused-ring (bicyclic) bond motifs is 1. The lowest BCUT2D eigenvalue weighted by molar-refractivity contribution is -0.123. The summed E-state index contributed by atoms with van der Waals surface area (Å²) in [6, 6.07) is 12.0. The maximum atomic E-state index is 12.4. The second-order valence-electron chi connectivity index (χ2n) is 7.35. The third-order valence-corrected chi connectivity index (χ3v) is 6.44. The summed E-state index contributed by atoms with van der Waals surface area (Å²) in [5.41, 5.74) is 0. The summed E-state index contributed by atoms with van der Waals surface area (Å²) in [6.07, 6.45) is 2.69. The predicted octanol–water partition coefficient (Wildman–Crippen LogP) is 3.69. The zero-order valence-electron chi connectivity index (χ0n) is 16.7. The monoisotopic (exact) mass is 433 g/mol. The Morgan fingerprint density at radius 1 is 1.14 bits per heavy atom. The van der Waals surface area contributed by atoms with E-state index in [9.17, 15) is 9.59 Å². The Morgan fingerprint density at radius 3 is 2.59 bits per heavy atom. The quantitative estimate of drug-likeness (QED) is 0.623. The lowest BCUT2D eigenvalue weighted by Gasteiger charge is -2.31. The van der Waals surface area contributed by atoms with Crippen molar-refractivity contribution >= 4 is 45.9 Å². The molecule has 7 heteroatoms. The van der Waals surface area contributed by atoms with Gasteiger partial charge in [0.1, 0.15) is 0 Å².